The molecule has 24 heavy (non-hydrogen) atoms. The van der Waals surface area contributed by atoms with E-state index in [9.17, 15) is 17.3 Å². The van der Waals surface area contributed by atoms with Crippen LogP contribution in [0.15, 0.2) is 10.5 Å². The van der Waals surface area contributed by atoms with Crippen LogP contribution in [0.1, 0.15) is 85.0 Å². The Hall–Kier alpha value is -1.07. The third kappa shape index (κ3) is 7.67. The van der Waals surface area contributed by atoms with Gasteiger partial charge in [-0.3, -0.25) is 0 Å². The average Bonchev–Trinajstić information content (AvgIpc) is 2.21. The van der Waals surface area contributed by atoms with E-state index in [0.29, 0.717) is 0 Å². The molecule has 0 fully saturated rings. The summed E-state index contributed by atoms with van der Waals surface area (Å²) in [6.07, 6.45) is 0. The van der Waals surface area contributed by atoms with Gasteiger partial charge in [-0.15, -0.1) is 0 Å². The topological polar surface area (TPSA) is 11.3 Å². The summed E-state index contributed by atoms with van der Waals surface area (Å²) in [6, 6.07) is 2.25. The highest BCUT2D eigenvalue weighted by atomic mass is 19.5. The standard InChI is InChI=1S/C18H31O.BF4/c1-12-13(16(2,3)4)11-14(17(5,6)7)19-15(12)18(8,9)10;2-1(3,4)5/h11H,1-10H3;/q+1;-1. The first-order chi connectivity index (χ1) is 10.2. The van der Waals surface area contributed by atoms with Crippen molar-refractivity contribution < 1.29 is 21.7 Å². The zero-order valence-corrected chi connectivity index (χ0v) is 16.6. The zero-order valence-electron chi connectivity index (χ0n) is 16.6. The van der Waals surface area contributed by atoms with Crippen molar-refractivity contribution in [1.29, 1.82) is 0 Å². The minimum atomic E-state index is -6.00. The highest BCUT2D eigenvalue weighted by molar-refractivity contribution is 6.50. The van der Waals surface area contributed by atoms with E-state index >= 15 is 0 Å². The lowest BCUT2D eigenvalue weighted by molar-refractivity contribution is 0.321. The minimum absolute atomic E-state index is 0.0331. The maximum atomic E-state index is 9.75. The van der Waals surface area contributed by atoms with E-state index in [4.69, 9.17) is 4.42 Å². The lowest BCUT2D eigenvalue weighted by Crippen LogP contribution is -2.23. The van der Waals surface area contributed by atoms with Crippen LogP contribution < -0.4 is 0 Å². The summed E-state index contributed by atoms with van der Waals surface area (Å²) in [4.78, 5) is 0. The Kier molecular flexibility index (Phi) is 6.73. The highest BCUT2D eigenvalue weighted by Crippen LogP contribution is 2.37. The lowest BCUT2D eigenvalue weighted by Gasteiger charge is -2.24. The zero-order chi connectivity index (χ0) is 19.7. The van der Waals surface area contributed by atoms with E-state index in [-0.39, 0.29) is 16.2 Å². The van der Waals surface area contributed by atoms with Gasteiger partial charge in [-0.25, -0.2) is 4.42 Å². The monoisotopic (exact) mass is 350 g/mol. The molecule has 1 rings (SSSR count). The van der Waals surface area contributed by atoms with Crippen molar-refractivity contribution >= 4 is 7.25 Å². The predicted octanol–water partition coefficient (Wildman–Crippen LogP) is 7.06. The van der Waals surface area contributed by atoms with Crippen LogP contribution in [0, 0.1) is 6.92 Å². The fourth-order valence-corrected chi connectivity index (χ4v) is 2.44. The predicted molar refractivity (Wildman–Crippen MR) is 94.1 cm³/mol. The molecular weight excluding hydrogens is 319 g/mol. The van der Waals surface area contributed by atoms with E-state index < -0.39 is 7.25 Å². The molecule has 0 aliphatic heterocycles. The minimum Gasteiger partial charge on any atom is -0.418 e. The van der Waals surface area contributed by atoms with Gasteiger partial charge in [0.15, 0.2) is 0 Å². The van der Waals surface area contributed by atoms with Crippen LogP contribution in [-0.4, -0.2) is 7.25 Å². The Morgan fingerprint density at radius 2 is 1.12 bits per heavy atom. The van der Waals surface area contributed by atoms with Crippen molar-refractivity contribution in [3.05, 3.63) is 28.7 Å². The Bertz CT molecular complexity index is 517. The smallest absolute Gasteiger partial charge is 0.418 e. The molecule has 0 aliphatic rings. The van der Waals surface area contributed by atoms with Gasteiger partial charge in [0.1, 0.15) is 0 Å². The molecule has 0 unspecified atom stereocenters. The van der Waals surface area contributed by atoms with E-state index in [1.807, 2.05) is 0 Å². The van der Waals surface area contributed by atoms with Gasteiger partial charge < -0.3 is 17.3 Å². The van der Waals surface area contributed by atoms with Crippen molar-refractivity contribution in [2.45, 2.75) is 85.5 Å². The second-order valence-electron chi connectivity index (χ2n) is 9.22. The van der Waals surface area contributed by atoms with Crippen LogP contribution in [-0.2, 0) is 16.2 Å². The van der Waals surface area contributed by atoms with Gasteiger partial charge in [0.2, 0.25) is 0 Å². The molecule has 6 heteroatoms. The molecule has 0 aliphatic carbocycles. The van der Waals surface area contributed by atoms with Crippen LogP contribution >= 0.6 is 0 Å². The molecule has 140 valence electrons. The van der Waals surface area contributed by atoms with Gasteiger partial charge in [-0.1, -0.05) is 20.8 Å². The van der Waals surface area contributed by atoms with Crippen molar-refractivity contribution in [1.82, 2.24) is 0 Å². The van der Waals surface area contributed by atoms with Crippen molar-refractivity contribution in [2.24, 2.45) is 0 Å². The number of rotatable bonds is 0. The van der Waals surface area contributed by atoms with Gasteiger partial charge in [0, 0.05) is 6.07 Å². The lowest BCUT2D eigenvalue weighted by atomic mass is 9.78. The van der Waals surface area contributed by atoms with E-state index in [0.717, 1.165) is 11.5 Å². The Labute approximate surface area is 144 Å². The molecule has 0 amide bonds. The highest BCUT2D eigenvalue weighted by Gasteiger charge is 2.38. The quantitative estimate of drug-likeness (QED) is 0.277. The number of hydrogen-bond donors (Lipinski definition) is 0. The Morgan fingerprint density at radius 1 is 0.750 bits per heavy atom. The first kappa shape index (κ1) is 22.9. The second kappa shape index (κ2) is 7.05. The number of hydrogen-bond acceptors (Lipinski definition) is 0. The molecule has 1 aromatic heterocycles. The van der Waals surface area contributed by atoms with Gasteiger partial charge in [0.05, 0.1) is 16.4 Å². The fourth-order valence-electron chi connectivity index (χ4n) is 2.44. The van der Waals surface area contributed by atoms with Crippen LogP contribution in [0.3, 0.4) is 0 Å². The van der Waals surface area contributed by atoms with Crippen LogP contribution in [0.2, 0.25) is 0 Å². The van der Waals surface area contributed by atoms with E-state index in [2.05, 4.69) is 75.3 Å². The first-order valence-electron chi connectivity index (χ1n) is 8.11. The first-order valence-corrected chi connectivity index (χ1v) is 8.11. The molecule has 0 N–H and O–H groups in total. The molecule has 0 spiro atoms. The summed E-state index contributed by atoms with van der Waals surface area (Å²) < 4.78 is 45.3. The van der Waals surface area contributed by atoms with Gasteiger partial charge in [-0.05, 0) is 59.4 Å². The molecule has 0 atom stereocenters. The van der Waals surface area contributed by atoms with Gasteiger partial charge in [-0.2, -0.15) is 0 Å². The average molecular weight is 350 g/mol. The van der Waals surface area contributed by atoms with Crippen molar-refractivity contribution in [3.63, 3.8) is 0 Å². The largest absolute Gasteiger partial charge is 0.673 e. The van der Waals surface area contributed by atoms with Crippen LogP contribution in [0.5, 0.6) is 0 Å². The SMILES string of the molecule is Cc1c(C(C)(C)C)cc(C(C)(C)C)[o+]c1C(C)(C)C.F[B-](F)(F)F. The number of halogens is 4. The molecule has 0 radical (unpaired) electrons. The molecule has 1 nitrogen and oxygen atoms in total. The van der Waals surface area contributed by atoms with E-state index in [1.54, 1.807) is 0 Å². The maximum absolute atomic E-state index is 9.75. The van der Waals surface area contributed by atoms with Crippen molar-refractivity contribution in [2.75, 3.05) is 0 Å². The molecule has 1 aromatic rings. The van der Waals surface area contributed by atoms with Gasteiger partial charge >= 0.3 is 18.8 Å². The summed E-state index contributed by atoms with van der Waals surface area (Å²) in [6.45, 7) is 22.3. The Morgan fingerprint density at radius 3 is 1.38 bits per heavy atom. The van der Waals surface area contributed by atoms with Crippen LogP contribution in [0.25, 0.3) is 0 Å². The second-order valence-corrected chi connectivity index (χ2v) is 9.22. The molecular formula is C18H31BF4O. The van der Waals surface area contributed by atoms with Gasteiger partial charge in [0.25, 0.3) is 0 Å². The molecule has 0 bridgehead atoms. The summed E-state index contributed by atoms with van der Waals surface area (Å²) in [5.41, 5.74) is 2.90. The maximum Gasteiger partial charge on any atom is 0.673 e. The third-order valence-corrected chi connectivity index (χ3v) is 3.46. The Balaban J connectivity index is 0.000000922. The summed E-state index contributed by atoms with van der Waals surface area (Å²) in [7, 11) is -6.00. The summed E-state index contributed by atoms with van der Waals surface area (Å²) in [5.74, 6) is 2.19. The van der Waals surface area contributed by atoms with Crippen molar-refractivity contribution in [3.8, 4) is 0 Å². The third-order valence-electron chi connectivity index (χ3n) is 3.46. The molecule has 0 aromatic carbocycles. The van der Waals surface area contributed by atoms with E-state index in [1.165, 1.54) is 11.1 Å². The fraction of sp³-hybridized carbons (Fsp3) is 0.722. The molecule has 1 heterocycles. The van der Waals surface area contributed by atoms with Crippen LogP contribution in [0.4, 0.5) is 17.3 Å². The summed E-state index contributed by atoms with van der Waals surface area (Å²) in [5, 5.41) is 0. The normalized spacial score (nSPS) is 13.4. The molecule has 0 saturated carbocycles. The molecule has 0 saturated heterocycles. The summed E-state index contributed by atoms with van der Waals surface area (Å²) >= 11 is 0.